The van der Waals surface area contributed by atoms with Crippen molar-refractivity contribution < 1.29 is 19.3 Å². The van der Waals surface area contributed by atoms with Gasteiger partial charge in [0.25, 0.3) is 5.91 Å². The van der Waals surface area contributed by atoms with Crippen LogP contribution in [-0.2, 0) is 17.9 Å². The van der Waals surface area contributed by atoms with Crippen LogP contribution in [-0.4, -0.2) is 39.7 Å². The van der Waals surface area contributed by atoms with E-state index in [2.05, 4.69) is 17.4 Å². The Morgan fingerprint density at radius 1 is 1.18 bits per heavy atom. The van der Waals surface area contributed by atoms with Crippen molar-refractivity contribution in [3.63, 3.8) is 0 Å². The van der Waals surface area contributed by atoms with Crippen LogP contribution in [0.25, 0.3) is 0 Å². The second kappa shape index (κ2) is 9.92. The predicted octanol–water partition coefficient (Wildman–Crippen LogP) is 1.18. The van der Waals surface area contributed by atoms with Crippen molar-refractivity contribution in [2.45, 2.75) is 25.9 Å². The summed E-state index contributed by atoms with van der Waals surface area (Å²) in [6.07, 6.45) is 2.67. The Hall–Kier alpha value is -2.08. The minimum absolute atomic E-state index is 0.00332. The molecule has 3 rings (SSSR count). The number of hydrogen-bond donors (Lipinski definition) is 3. The number of rotatable bonds is 8. The first-order valence-electron chi connectivity index (χ1n) is 9.89. The van der Waals surface area contributed by atoms with Gasteiger partial charge in [0.15, 0.2) is 6.54 Å². The number of carbonyl (C=O) groups is 1. The molecule has 0 spiro atoms. The van der Waals surface area contributed by atoms with Gasteiger partial charge in [0, 0.05) is 34.7 Å². The molecule has 1 heterocycles. The fraction of sp³-hybridized carbons (Fsp3) is 0.409. The van der Waals surface area contributed by atoms with Crippen molar-refractivity contribution in [2.75, 3.05) is 39.1 Å². The van der Waals surface area contributed by atoms with Crippen molar-refractivity contribution in [3.8, 4) is 5.75 Å². The summed E-state index contributed by atoms with van der Waals surface area (Å²) in [4.78, 5) is 15.1. The molecule has 5 nitrogen and oxygen atoms in total. The summed E-state index contributed by atoms with van der Waals surface area (Å²) in [5, 5.41) is 3.67. The minimum Gasteiger partial charge on any atom is -0.496 e. The van der Waals surface area contributed by atoms with E-state index in [1.807, 2.05) is 31.3 Å². The van der Waals surface area contributed by atoms with Gasteiger partial charge < -0.3 is 19.9 Å². The van der Waals surface area contributed by atoms with E-state index in [0.717, 1.165) is 28.4 Å². The van der Waals surface area contributed by atoms with Gasteiger partial charge in [0.05, 0.1) is 27.2 Å². The largest absolute Gasteiger partial charge is 0.496 e. The molecule has 1 amide bonds. The average Bonchev–Trinajstić information content (AvgIpc) is 3.16. The first-order valence-corrected chi connectivity index (χ1v) is 10.3. The number of quaternary nitrogens is 2. The van der Waals surface area contributed by atoms with Gasteiger partial charge in [-0.05, 0) is 30.3 Å². The van der Waals surface area contributed by atoms with E-state index in [1.165, 1.54) is 31.5 Å². The summed E-state index contributed by atoms with van der Waals surface area (Å²) >= 11 is 6.09. The Morgan fingerprint density at radius 2 is 1.89 bits per heavy atom. The smallest absolute Gasteiger partial charge is 0.279 e. The first kappa shape index (κ1) is 20.6. The van der Waals surface area contributed by atoms with Crippen molar-refractivity contribution in [1.29, 1.82) is 0 Å². The van der Waals surface area contributed by atoms with Crippen LogP contribution in [0.15, 0.2) is 42.5 Å². The first-order chi connectivity index (χ1) is 13.5. The lowest BCUT2D eigenvalue weighted by molar-refractivity contribution is -0.901. The van der Waals surface area contributed by atoms with Crippen LogP contribution >= 0.6 is 11.6 Å². The molecule has 150 valence electrons. The Kier molecular flexibility index (Phi) is 7.31. The van der Waals surface area contributed by atoms with Gasteiger partial charge >= 0.3 is 0 Å². The number of amides is 1. The summed E-state index contributed by atoms with van der Waals surface area (Å²) in [6.45, 7) is 4.64. The number of nitrogens with one attached hydrogen (secondary N) is 3. The number of likely N-dealkylation sites (tertiary alicyclic amines) is 1. The molecule has 1 unspecified atom stereocenters. The van der Waals surface area contributed by atoms with E-state index in [4.69, 9.17) is 16.3 Å². The van der Waals surface area contributed by atoms with Crippen LogP contribution in [0.4, 0.5) is 5.69 Å². The Labute approximate surface area is 172 Å². The number of likely N-dealkylation sites (N-methyl/N-ethyl adjacent to an activating group) is 1. The third kappa shape index (κ3) is 5.96. The molecule has 1 aliphatic rings. The van der Waals surface area contributed by atoms with Gasteiger partial charge in [-0.25, -0.2) is 0 Å². The number of ether oxygens (including phenoxy) is 1. The molecule has 0 aliphatic carbocycles. The molecule has 0 bridgehead atoms. The Bertz CT molecular complexity index is 789. The van der Waals surface area contributed by atoms with Crippen molar-refractivity contribution in [3.05, 3.63) is 58.6 Å². The Balaban J connectivity index is 1.50. The normalized spacial score (nSPS) is 15.4. The molecule has 3 N–H and O–H groups in total. The number of methoxy groups -OCH3 is 1. The number of anilines is 1. The van der Waals surface area contributed by atoms with E-state index in [-0.39, 0.29) is 5.91 Å². The summed E-state index contributed by atoms with van der Waals surface area (Å²) in [5.41, 5.74) is 3.16. The fourth-order valence-corrected chi connectivity index (χ4v) is 3.99. The maximum absolute atomic E-state index is 12.4. The molecule has 28 heavy (non-hydrogen) atoms. The monoisotopic (exact) mass is 403 g/mol. The highest BCUT2D eigenvalue weighted by atomic mass is 35.5. The molecule has 2 aromatic rings. The van der Waals surface area contributed by atoms with Crippen LogP contribution < -0.4 is 19.9 Å². The number of hydrogen-bond acceptors (Lipinski definition) is 2. The second-order valence-corrected chi connectivity index (χ2v) is 8.08. The van der Waals surface area contributed by atoms with Crippen molar-refractivity contribution >= 4 is 23.2 Å². The molecule has 1 aliphatic heterocycles. The summed E-state index contributed by atoms with van der Waals surface area (Å²) in [6, 6.07) is 13.8. The highest BCUT2D eigenvalue weighted by Crippen LogP contribution is 2.21. The van der Waals surface area contributed by atoms with Crippen LogP contribution in [0.2, 0.25) is 5.02 Å². The highest BCUT2D eigenvalue weighted by molar-refractivity contribution is 6.30. The lowest BCUT2D eigenvalue weighted by Crippen LogP contribution is -3.08. The van der Waals surface area contributed by atoms with Crippen LogP contribution in [0.1, 0.15) is 24.0 Å². The van der Waals surface area contributed by atoms with Crippen LogP contribution in [0.3, 0.4) is 0 Å². The molecule has 1 fully saturated rings. The summed E-state index contributed by atoms with van der Waals surface area (Å²) in [7, 11) is 3.63. The number of halogens is 1. The molecule has 0 aromatic heterocycles. The van der Waals surface area contributed by atoms with Crippen molar-refractivity contribution in [2.24, 2.45) is 0 Å². The average molecular weight is 404 g/mol. The SMILES string of the molecule is COc1ccc(Cl)cc1C[NH+](C)CC(=O)Nc1ccc(C[NH+]2CCCC2)cc1. The second-order valence-electron chi connectivity index (χ2n) is 7.65. The molecule has 0 saturated carbocycles. The lowest BCUT2D eigenvalue weighted by atomic mass is 10.2. The third-order valence-electron chi connectivity index (χ3n) is 5.20. The third-order valence-corrected chi connectivity index (χ3v) is 5.43. The maximum atomic E-state index is 12.4. The van der Waals surface area contributed by atoms with Gasteiger partial charge in [-0.2, -0.15) is 0 Å². The molecular weight excluding hydrogens is 374 g/mol. The molecular formula is C22H30ClN3O2+2. The van der Waals surface area contributed by atoms with E-state index in [9.17, 15) is 4.79 Å². The maximum Gasteiger partial charge on any atom is 0.279 e. The standard InChI is InChI=1S/C22H28ClN3O2/c1-25(15-18-13-19(23)7-10-21(18)28-2)16-22(27)24-20-8-5-17(6-9-20)14-26-11-3-4-12-26/h5-10,13H,3-4,11-12,14-16H2,1-2H3,(H,24,27)/p+2. The van der Waals surface area contributed by atoms with Gasteiger partial charge in [-0.15, -0.1) is 0 Å². The zero-order valence-corrected chi connectivity index (χ0v) is 17.4. The predicted molar refractivity (Wildman–Crippen MR) is 112 cm³/mol. The minimum atomic E-state index is -0.00332. The summed E-state index contributed by atoms with van der Waals surface area (Å²) < 4.78 is 5.39. The summed E-state index contributed by atoms with van der Waals surface area (Å²) in [5.74, 6) is 0.788. The van der Waals surface area contributed by atoms with E-state index < -0.39 is 0 Å². The molecule has 1 atom stereocenters. The zero-order valence-electron chi connectivity index (χ0n) is 16.7. The molecule has 6 heteroatoms. The van der Waals surface area contributed by atoms with Crippen molar-refractivity contribution in [1.82, 2.24) is 0 Å². The Morgan fingerprint density at radius 3 is 2.57 bits per heavy atom. The lowest BCUT2D eigenvalue weighted by Gasteiger charge is -2.16. The van der Waals surface area contributed by atoms with Crippen LogP contribution in [0, 0.1) is 0 Å². The van der Waals surface area contributed by atoms with Gasteiger partial charge in [0.1, 0.15) is 18.8 Å². The van der Waals surface area contributed by atoms with Gasteiger partial charge in [-0.1, -0.05) is 23.7 Å². The molecule has 0 radical (unpaired) electrons. The van der Waals surface area contributed by atoms with Gasteiger partial charge in [0.2, 0.25) is 0 Å². The fourth-order valence-electron chi connectivity index (χ4n) is 3.80. The zero-order chi connectivity index (χ0) is 19.9. The van der Waals surface area contributed by atoms with E-state index >= 15 is 0 Å². The van der Waals surface area contributed by atoms with Crippen LogP contribution in [0.5, 0.6) is 5.75 Å². The number of carbonyl (C=O) groups excluding carboxylic acids is 1. The topological polar surface area (TPSA) is 47.2 Å². The van der Waals surface area contributed by atoms with E-state index in [0.29, 0.717) is 18.1 Å². The molecule has 2 aromatic carbocycles. The molecule has 1 saturated heterocycles. The van der Waals surface area contributed by atoms with E-state index in [1.54, 1.807) is 18.1 Å². The quantitative estimate of drug-likeness (QED) is 0.620. The van der Waals surface area contributed by atoms with Gasteiger partial charge in [-0.3, -0.25) is 4.79 Å². The number of benzene rings is 2. The highest BCUT2D eigenvalue weighted by Gasteiger charge is 2.16.